The molecular weight excluding hydrogens is 837 g/mol. The first-order valence-corrected chi connectivity index (χ1v) is 29.5. The first-order valence-electron chi connectivity index (χ1n) is 29.5. The van der Waals surface area contributed by atoms with Crippen molar-refractivity contribution in [1.82, 2.24) is 0 Å². The summed E-state index contributed by atoms with van der Waals surface area (Å²) < 4.78 is 10.7. The number of carbonyl (C=O) groups is 2. The van der Waals surface area contributed by atoms with E-state index >= 15 is 0 Å². The number of unbranched alkanes of at least 4 members (excludes halogenated alkanes) is 34. The Kier molecular flexibility index (Phi) is 56.4. The van der Waals surface area contributed by atoms with E-state index in [1.165, 1.54) is 199 Å². The Hall–Kier alpha value is -2.66. The molecule has 0 aliphatic heterocycles. The van der Waals surface area contributed by atoms with E-state index in [4.69, 9.17) is 9.47 Å². The smallest absolute Gasteiger partial charge is 0.306 e. The van der Waals surface area contributed by atoms with Crippen LogP contribution in [0, 0.1) is 0 Å². The second-order valence-corrected chi connectivity index (χ2v) is 19.7. The number of hydrogen-bond donors (Lipinski definition) is 1. The lowest BCUT2D eigenvalue weighted by atomic mass is 10.0. The average Bonchev–Trinajstić information content (AvgIpc) is 3.34. The molecule has 0 aliphatic carbocycles. The van der Waals surface area contributed by atoms with Gasteiger partial charge >= 0.3 is 11.9 Å². The molecule has 0 aromatic rings. The van der Waals surface area contributed by atoms with Crippen molar-refractivity contribution in [3.05, 3.63) is 72.9 Å². The van der Waals surface area contributed by atoms with E-state index in [2.05, 4.69) is 86.8 Å². The number of rotatable bonds is 54. The van der Waals surface area contributed by atoms with E-state index in [-0.39, 0.29) is 25.2 Å². The lowest BCUT2D eigenvalue weighted by Gasteiger charge is -2.15. The third-order valence-corrected chi connectivity index (χ3v) is 13.0. The Labute approximate surface area is 423 Å². The van der Waals surface area contributed by atoms with Crippen LogP contribution < -0.4 is 0 Å². The lowest BCUT2D eigenvalue weighted by molar-refractivity contribution is -0.161. The Balaban J connectivity index is 3.48. The van der Waals surface area contributed by atoms with Crippen LogP contribution in [0.25, 0.3) is 0 Å². The second-order valence-electron chi connectivity index (χ2n) is 19.7. The minimum atomic E-state index is -0.780. The number of hydrogen-bond acceptors (Lipinski definition) is 5. The van der Waals surface area contributed by atoms with Crippen molar-refractivity contribution in [2.45, 2.75) is 302 Å². The quantitative estimate of drug-likeness (QED) is 0.0374. The number of carbonyl (C=O) groups excluding carboxylic acids is 2. The van der Waals surface area contributed by atoms with Crippen molar-refractivity contribution >= 4 is 11.9 Å². The normalized spacial score (nSPS) is 12.7. The van der Waals surface area contributed by atoms with Crippen molar-refractivity contribution in [2.75, 3.05) is 13.2 Å². The minimum Gasteiger partial charge on any atom is -0.462 e. The Bertz CT molecular complexity index is 1210. The van der Waals surface area contributed by atoms with Crippen molar-refractivity contribution in [1.29, 1.82) is 0 Å². The molecule has 0 bridgehead atoms. The van der Waals surface area contributed by atoms with Crippen LogP contribution in [0.3, 0.4) is 0 Å². The van der Waals surface area contributed by atoms with Crippen LogP contribution in [-0.2, 0) is 19.1 Å². The second kappa shape index (κ2) is 58.7. The van der Waals surface area contributed by atoms with Gasteiger partial charge in [0.2, 0.25) is 0 Å². The highest BCUT2D eigenvalue weighted by Gasteiger charge is 2.16. The summed E-state index contributed by atoms with van der Waals surface area (Å²) in [6, 6.07) is 0. The molecule has 0 heterocycles. The zero-order chi connectivity index (χ0) is 49.2. The maximum absolute atomic E-state index is 12.3. The molecule has 0 aliphatic rings. The van der Waals surface area contributed by atoms with Gasteiger partial charge in [-0.1, -0.05) is 267 Å². The van der Waals surface area contributed by atoms with Gasteiger partial charge in [-0.05, 0) is 89.9 Å². The van der Waals surface area contributed by atoms with Crippen LogP contribution in [0.1, 0.15) is 296 Å². The molecule has 68 heavy (non-hydrogen) atoms. The van der Waals surface area contributed by atoms with Crippen LogP contribution in [0.4, 0.5) is 0 Å². The third kappa shape index (κ3) is 55.9. The molecule has 0 saturated heterocycles. The summed E-state index contributed by atoms with van der Waals surface area (Å²) in [5, 5.41) is 9.66. The summed E-state index contributed by atoms with van der Waals surface area (Å²) in [5.41, 5.74) is 0. The molecule has 0 aromatic heterocycles. The molecule has 0 aromatic carbocycles. The van der Waals surface area contributed by atoms with Crippen molar-refractivity contribution in [3.8, 4) is 0 Å². The Morgan fingerprint density at radius 3 is 0.882 bits per heavy atom. The van der Waals surface area contributed by atoms with Crippen LogP contribution >= 0.6 is 0 Å². The molecule has 0 rings (SSSR count). The van der Waals surface area contributed by atoms with Gasteiger partial charge in [-0.25, -0.2) is 0 Å². The van der Waals surface area contributed by atoms with E-state index in [1.54, 1.807) is 0 Å². The first kappa shape index (κ1) is 65.3. The Morgan fingerprint density at radius 1 is 0.338 bits per heavy atom. The van der Waals surface area contributed by atoms with E-state index in [0.29, 0.717) is 12.8 Å². The summed E-state index contributed by atoms with van der Waals surface area (Å²) in [5.74, 6) is -0.597. The standard InChI is InChI=1S/C63H112O5/c1-3-5-7-9-11-13-15-17-19-21-23-25-26-27-28-29-30-31-32-33-34-35-36-38-40-42-44-46-48-50-52-54-56-58-63(66)68-61(59-64)60-67-62(65)57-55-53-51-49-47-45-43-41-39-37-24-22-20-18-16-14-12-10-8-6-4-2/h15-18,21-24,26-27,39,41,61,64H,3-14,19-20,25,28-38,40,42-60H2,1-2H3/b17-15-,18-16-,23-21-,24-22-,27-26-,41-39-. The third-order valence-electron chi connectivity index (χ3n) is 13.0. The zero-order valence-corrected chi connectivity index (χ0v) is 45.1. The topological polar surface area (TPSA) is 72.8 Å². The largest absolute Gasteiger partial charge is 0.462 e. The van der Waals surface area contributed by atoms with Gasteiger partial charge in [-0.3, -0.25) is 9.59 Å². The highest BCUT2D eigenvalue weighted by molar-refractivity contribution is 5.70. The van der Waals surface area contributed by atoms with Gasteiger partial charge in [0.05, 0.1) is 6.61 Å². The maximum Gasteiger partial charge on any atom is 0.306 e. The number of ether oxygens (including phenoxy) is 2. The van der Waals surface area contributed by atoms with E-state index in [1.807, 2.05) is 0 Å². The SMILES string of the molecule is CCCCCCC/C=C\C/C=C\C/C=C\CCCCCCCCCCCCCCCCCCCCC(=O)OC(CO)COC(=O)CCCCCCCC/C=C\C/C=C\C/C=C\CCCCCCC. The Morgan fingerprint density at radius 2 is 0.588 bits per heavy atom. The summed E-state index contributed by atoms with van der Waals surface area (Å²) >= 11 is 0. The fourth-order valence-corrected chi connectivity index (χ4v) is 8.51. The fraction of sp³-hybridized carbons (Fsp3) is 0.778. The molecule has 0 spiro atoms. The molecule has 1 unspecified atom stereocenters. The molecule has 0 fully saturated rings. The molecule has 5 nitrogen and oxygen atoms in total. The predicted molar refractivity (Wildman–Crippen MR) is 297 cm³/mol. The van der Waals surface area contributed by atoms with Gasteiger partial charge < -0.3 is 14.6 Å². The van der Waals surface area contributed by atoms with Gasteiger partial charge in [0.15, 0.2) is 6.10 Å². The molecule has 1 N–H and O–H groups in total. The molecule has 0 amide bonds. The molecular formula is C63H112O5. The lowest BCUT2D eigenvalue weighted by Crippen LogP contribution is -2.28. The van der Waals surface area contributed by atoms with E-state index < -0.39 is 6.10 Å². The van der Waals surface area contributed by atoms with E-state index in [9.17, 15) is 14.7 Å². The average molecular weight is 950 g/mol. The summed E-state index contributed by atoms with van der Waals surface area (Å²) in [4.78, 5) is 24.5. The van der Waals surface area contributed by atoms with Gasteiger partial charge in [0, 0.05) is 12.8 Å². The molecule has 1 atom stereocenters. The van der Waals surface area contributed by atoms with Crippen molar-refractivity contribution in [2.24, 2.45) is 0 Å². The number of aliphatic hydroxyl groups is 1. The van der Waals surface area contributed by atoms with Crippen molar-refractivity contribution < 1.29 is 24.2 Å². The monoisotopic (exact) mass is 949 g/mol. The van der Waals surface area contributed by atoms with Gasteiger partial charge in [0.1, 0.15) is 6.61 Å². The first-order chi connectivity index (χ1) is 33.6. The minimum absolute atomic E-state index is 0.0729. The molecule has 394 valence electrons. The molecule has 0 radical (unpaired) electrons. The molecule has 0 saturated carbocycles. The summed E-state index contributed by atoms with van der Waals surface area (Å²) in [7, 11) is 0. The van der Waals surface area contributed by atoms with Crippen LogP contribution in [-0.4, -0.2) is 36.4 Å². The maximum atomic E-state index is 12.3. The number of aliphatic hydroxyl groups excluding tert-OH is 1. The van der Waals surface area contributed by atoms with Gasteiger partial charge in [-0.15, -0.1) is 0 Å². The number of esters is 2. The highest BCUT2D eigenvalue weighted by Crippen LogP contribution is 2.16. The van der Waals surface area contributed by atoms with Crippen LogP contribution in [0.15, 0.2) is 72.9 Å². The van der Waals surface area contributed by atoms with Crippen LogP contribution in [0.5, 0.6) is 0 Å². The predicted octanol–water partition coefficient (Wildman–Crippen LogP) is 20.0. The van der Waals surface area contributed by atoms with Crippen molar-refractivity contribution in [3.63, 3.8) is 0 Å². The van der Waals surface area contributed by atoms with Gasteiger partial charge in [0.25, 0.3) is 0 Å². The molecule has 5 heteroatoms. The highest BCUT2D eigenvalue weighted by atomic mass is 16.6. The zero-order valence-electron chi connectivity index (χ0n) is 45.1. The summed E-state index contributed by atoms with van der Waals surface area (Å²) in [6.07, 6.45) is 80.2. The fourth-order valence-electron chi connectivity index (χ4n) is 8.51. The number of allylic oxidation sites excluding steroid dienone is 12. The summed E-state index contributed by atoms with van der Waals surface area (Å²) in [6.45, 7) is 4.13. The van der Waals surface area contributed by atoms with Crippen LogP contribution in [0.2, 0.25) is 0 Å². The van der Waals surface area contributed by atoms with Gasteiger partial charge in [-0.2, -0.15) is 0 Å². The van der Waals surface area contributed by atoms with E-state index in [0.717, 1.165) is 70.6 Å².